The van der Waals surface area contributed by atoms with Gasteiger partial charge >= 0.3 is 0 Å². The molecule has 2 aliphatic rings. The van der Waals surface area contributed by atoms with Crippen LogP contribution in [0.2, 0.25) is 0 Å². The third kappa shape index (κ3) is 3.53. The van der Waals surface area contributed by atoms with Gasteiger partial charge in [-0.3, -0.25) is 4.90 Å². The molecule has 2 N–H and O–H groups in total. The summed E-state index contributed by atoms with van der Waals surface area (Å²) in [5.74, 6) is 0. The van der Waals surface area contributed by atoms with E-state index >= 15 is 0 Å². The molecule has 0 aromatic carbocycles. The summed E-state index contributed by atoms with van der Waals surface area (Å²) in [6.07, 6.45) is 5.26. The summed E-state index contributed by atoms with van der Waals surface area (Å²) >= 11 is 0. The van der Waals surface area contributed by atoms with Crippen molar-refractivity contribution in [3.8, 4) is 0 Å². The summed E-state index contributed by atoms with van der Waals surface area (Å²) in [4.78, 5) is 5.19. The van der Waals surface area contributed by atoms with Gasteiger partial charge in [-0.2, -0.15) is 0 Å². The van der Waals surface area contributed by atoms with Gasteiger partial charge in [-0.1, -0.05) is 6.92 Å². The van der Waals surface area contributed by atoms with E-state index in [0.29, 0.717) is 12.1 Å². The smallest absolute Gasteiger partial charge is 0.0703 e. The monoisotopic (exact) mass is 283 g/mol. The van der Waals surface area contributed by atoms with E-state index in [1.165, 1.54) is 38.8 Å². The number of rotatable bonds is 6. The lowest BCUT2D eigenvalue weighted by Gasteiger charge is -2.49. The van der Waals surface area contributed by atoms with Crippen molar-refractivity contribution in [1.29, 1.82) is 0 Å². The van der Waals surface area contributed by atoms with E-state index in [9.17, 15) is 0 Å². The molecule has 1 atom stereocenters. The Morgan fingerprint density at radius 2 is 2.05 bits per heavy atom. The number of likely N-dealkylation sites (N-methyl/N-ethyl adjacent to an activating group) is 1. The molecule has 118 valence electrons. The molecule has 0 saturated carbocycles. The summed E-state index contributed by atoms with van der Waals surface area (Å²) in [6.45, 7) is 13.1. The minimum Gasteiger partial charge on any atom is -0.377 e. The van der Waals surface area contributed by atoms with E-state index in [-0.39, 0.29) is 5.54 Å². The first-order valence-corrected chi connectivity index (χ1v) is 8.42. The fourth-order valence-corrected chi connectivity index (χ4v) is 3.80. The first-order valence-electron chi connectivity index (χ1n) is 8.42. The van der Waals surface area contributed by atoms with Crippen LogP contribution in [0.4, 0.5) is 0 Å². The average Bonchev–Trinajstić information content (AvgIpc) is 2.97. The van der Waals surface area contributed by atoms with Crippen LogP contribution in [0.25, 0.3) is 0 Å². The molecule has 1 unspecified atom stereocenters. The number of piperidine rings is 1. The Labute approximate surface area is 124 Å². The summed E-state index contributed by atoms with van der Waals surface area (Å²) in [5.41, 5.74) is 6.41. The van der Waals surface area contributed by atoms with Crippen molar-refractivity contribution in [2.75, 3.05) is 39.3 Å². The van der Waals surface area contributed by atoms with Gasteiger partial charge in [-0.25, -0.2) is 0 Å². The molecule has 20 heavy (non-hydrogen) atoms. The van der Waals surface area contributed by atoms with Crippen LogP contribution in [0.15, 0.2) is 0 Å². The lowest BCUT2D eigenvalue weighted by Crippen LogP contribution is -2.61. The van der Waals surface area contributed by atoms with Gasteiger partial charge in [-0.05, 0) is 46.1 Å². The molecule has 0 aromatic heterocycles. The predicted octanol–water partition coefficient (Wildman–Crippen LogP) is 1.69. The molecule has 0 amide bonds. The fraction of sp³-hybridized carbons (Fsp3) is 1.00. The van der Waals surface area contributed by atoms with E-state index in [4.69, 9.17) is 10.5 Å². The summed E-state index contributed by atoms with van der Waals surface area (Å²) in [6, 6.07) is 0.652. The highest BCUT2D eigenvalue weighted by Gasteiger charge is 2.39. The molecule has 2 saturated heterocycles. The van der Waals surface area contributed by atoms with Gasteiger partial charge in [0.15, 0.2) is 0 Å². The maximum atomic E-state index is 6.21. The lowest BCUT2D eigenvalue weighted by atomic mass is 9.84. The van der Waals surface area contributed by atoms with Gasteiger partial charge in [0.1, 0.15) is 0 Å². The molecule has 4 heteroatoms. The van der Waals surface area contributed by atoms with Gasteiger partial charge < -0.3 is 15.4 Å². The van der Waals surface area contributed by atoms with E-state index in [1.807, 2.05) is 0 Å². The first-order chi connectivity index (χ1) is 9.61. The third-order valence-electron chi connectivity index (χ3n) is 5.34. The van der Waals surface area contributed by atoms with Crippen LogP contribution in [-0.2, 0) is 4.74 Å². The number of nitrogens with zero attached hydrogens (tertiary/aromatic N) is 2. The molecular formula is C16H33N3O. The van der Waals surface area contributed by atoms with Crippen LogP contribution in [0.1, 0.15) is 46.5 Å². The molecule has 4 nitrogen and oxygen atoms in total. The standard InChI is InChI=1S/C16H33N3O/c1-4-19(12-15-6-5-11-20-15)16(13-17)7-9-18(10-8-16)14(2)3/h14-15H,4-13,17H2,1-3H3. The van der Waals surface area contributed by atoms with Gasteiger partial charge in [0.25, 0.3) is 0 Å². The van der Waals surface area contributed by atoms with Gasteiger partial charge in [0.2, 0.25) is 0 Å². The number of nitrogens with two attached hydrogens (primary N) is 1. The Hall–Kier alpha value is -0.160. The van der Waals surface area contributed by atoms with Crippen molar-refractivity contribution in [2.45, 2.75) is 64.1 Å². The van der Waals surface area contributed by atoms with Crippen molar-refractivity contribution in [3.05, 3.63) is 0 Å². The maximum Gasteiger partial charge on any atom is 0.0703 e. The maximum absolute atomic E-state index is 6.21. The predicted molar refractivity (Wildman–Crippen MR) is 83.9 cm³/mol. The van der Waals surface area contributed by atoms with Crippen LogP contribution < -0.4 is 5.73 Å². The molecule has 0 bridgehead atoms. The van der Waals surface area contributed by atoms with Gasteiger partial charge in [-0.15, -0.1) is 0 Å². The Kier molecular flexibility index (Phi) is 5.84. The molecule has 0 aromatic rings. The molecule has 0 aliphatic carbocycles. The molecule has 0 spiro atoms. The minimum atomic E-state index is 0.200. The Balaban J connectivity index is 1.97. The molecule has 2 aliphatic heterocycles. The SMILES string of the molecule is CCN(CC1CCCO1)C1(CN)CCN(C(C)C)CC1. The van der Waals surface area contributed by atoms with Crippen LogP contribution in [0.5, 0.6) is 0 Å². The highest BCUT2D eigenvalue weighted by molar-refractivity contribution is 4.97. The van der Waals surface area contributed by atoms with Crippen molar-refractivity contribution in [2.24, 2.45) is 5.73 Å². The quantitative estimate of drug-likeness (QED) is 0.805. The van der Waals surface area contributed by atoms with Crippen molar-refractivity contribution < 1.29 is 4.74 Å². The van der Waals surface area contributed by atoms with Crippen molar-refractivity contribution >= 4 is 0 Å². The second kappa shape index (κ2) is 7.21. The topological polar surface area (TPSA) is 41.7 Å². The van der Waals surface area contributed by atoms with Crippen molar-refractivity contribution in [1.82, 2.24) is 9.80 Å². The Morgan fingerprint density at radius 3 is 2.50 bits per heavy atom. The highest BCUT2D eigenvalue weighted by Crippen LogP contribution is 2.30. The normalized spacial score (nSPS) is 27.6. The number of ether oxygens (including phenoxy) is 1. The average molecular weight is 283 g/mol. The van der Waals surface area contributed by atoms with E-state index in [1.54, 1.807) is 0 Å². The number of likely N-dealkylation sites (tertiary alicyclic amines) is 1. The van der Waals surface area contributed by atoms with Crippen molar-refractivity contribution in [3.63, 3.8) is 0 Å². The van der Waals surface area contributed by atoms with E-state index in [0.717, 1.165) is 26.2 Å². The van der Waals surface area contributed by atoms with Crippen LogP contribution in [-0.4, -0.2) is 66.8 Å². The fourth-order valence-electron chi connectivity index (χ4n) is 3.80. The van der Waals surface area contributed by atoms with Gasteiger partial charge in [0, 0.05) is 44.4 Å². The molecule has 2 heterocycles. The molecule has 0 radical (unpaired) electrons. The zero-order valence-electron chi connectivity index (χ0n) is 13.6. The molecular weight excluding hydrogens is 250 g/mol. The second-order valence-corrected chi connectivity index (χ2v) is 6.73. The summed E-state index contributed by atoms with van der Waals surface area (Å²) in [5, 5.41) is 0. The van der Waals surface area contributed by atoms with Crippen LogP contribution >= 0.6 is 0 Å². The zero-order valence-corrected chi connectivity index (χ0v) is 13.6. The molecule has 2 fully saturated rings. The van der Waals surface area contributed by atoms with E-state index < -0.39 is 0 Å². The minimum absolute atomic E-state index is 0.200. The third-order valence-corrected chi connectivity index (χ3v) is 5.34. The largest absolute Gasteiger partial charge is 0.377 e. The van der Waals surface area contributed by atoms with Gasteiger partial charge in [0.05, 0.1) is 6.10 Å². The Bertz CT molecular complexity index is 281. The Morgan fingerprint density at radius 1 is 1.35 bits per heavy atom. The second-order valence-electron chi connectivity index (χ2n) is 6.73. The highest BCUT2D eigenvalue weighted by atomic mass is 16.5. The zero-order chi connectivity index (χ0) is 14.6. The first kappa shape index (κ1) is 16.2. The summed E-state index contributed by atoms with van der Waals surface area (Å²) in [7, 11) is 0. The van der Waals surface area contributed by atoms with Crippen LogP contribution in [0, 0.1) is 0 Å². The van der Waals surface area contributed by atoms with E-state index in [2.05, 4.69) is 30.6 Å². The lowest BCUT2D eigenvalue weighted by molar-refractivity contribution is -0.0129. The summed E-state index contributed by atoms with van der Waals surface area (Å²) < 4.78 is 5.83. The number of hydrogen-bond donors (Lipinski definition) is 1. The van der Waals surface area contributed by atoms with Crippen LogP contribution in [0.3, 0.4) is 0 Å². The molecule has 2 rings (SSSR count). The number of hydrogen-bond acceptors (Lipinski definition) is 4.